The second kappa shape index (κ2) is 3.49. The van der Waals surface area contributed by atoms with Crippen molar-refractivity contribution in [2.45, 2.75) is 27.2 Å². The first kappa shape index (κ1) is 9.60. The van der Waals surface area contributed by atoms with Crippen molar-refractivity contribution >= 4 is 11.6 Å². The lowest BCUT2D eigenvalue weighted by atomic mass is 9.88. The largest absolute Gasteiger partial charge is 0.0843 e. The minimum Gasteiger partial charge on any atom is -0.0843 e. The SMILES string of the molecule is CC(C)(C)Cc1cccc(Cl)c1. The van der Waals surface area contributed by atoms with Crippen LogP contribution < -0.4 is 0 Å². The minimum absolute atomic E-state index is 0.338. The molecule has 1 aromatic carbocycles. The normalized spacial score (nSPS) is 11.7. The summed E-state index contributed by atoms with van der Waals surface area (Å²) in [6.45, 7) is 6.69. The molecule has 0 amide bonds. The monoisotopic (exact) mass is 182 g/mol. The van der Waals surface area contributed by atoms with Crippen LogP contribution in [0, 0.1) is 5.41 Å². The quantitative estimate of drug-likeness (QED) is 0.618. The van der Waals surface area contributed by atoms with Crippen LogP contribution in [0.25, 0.3) is 0 Å². The van der Waals surface area contributed by atoms with E-state index in [0.29, 0.717) is 5.41 Å². The van der Waals surface area contributed by atoms with Gasteiger partial charge in [-0.15, -0.1) is 0 Å². The van der Waals surface area contributed by atoms with Crippen LogP contribution in [-0.2, 0) is 6.42 Å². The van der Waals surface area contributed by atoms with Crippen LogP contribution >= 0.6 is 11.6 Å². The molecule has 0 atom stereocenters. The highest BCUT2D eigenvalue weighted by molar-refractivity contribution is 6.30. The summed E-state index contributed by atoms with van der Waals surface area (Å²) >= 11 is 5.87. The van der Waals surface area contributed by atoms with Gasteiger partial charge in [0.1, 0.15) is 0 Å². The Labute approximate surface area is 79.6 Å². The zero-order valence-electron chi connectivity index (χ0n) is 7.89. The van der Waals surface area contributed by atoms with Gasteiger partial charge in [-0.2, -0.15) is 0 Å². The standard InChI is InChI=1S/C11H15Cl/c1-11(2,3)8-9-5-4-6-10(12)7-9/h4-7H,8H2,1-3H3. The van der Waals surface area contributed by atoms with E-state index in [1.54, 1.807) is 0 Å². The summed E-state index contributed by atoms with van der Waals surface area (Å²) in [6.07, 6.45) is 1.08. The van der Waals surface area contributed by atoms with Crippen LogP contribution in [0.2, 0.25) is 5.02 Å². The third-order valence-electron chi connectivity index (χ3n) is 1.62. The molecule has 0 nitrogen and oxygen atoms in total. The molecule has 0 bridgehead atoms. The fraction of sp³-hybridized carbons (Fsp3) is 0.455. The van der Waals surface area contributed by atoms with Gasteiger partial charge in [0.2, 0.25) is 0 Å². The highest BCUT2D eigenvalue weighted by Crippen LogP contribution is 2.22. The summed E-state index contributed by atoms with van der Waals surface area (Å²) in [5, 5.41) is 0.830. The van der Waals surface area contributed by atoms with E-state index in [0.717, 1.165) is 11.4 Å². The van der Waals surface area contributed by atoms with Crippen molar-refractivity contribution in [1.29, 1.82) is 0 Å². The fourth-order valence-electron chi connectivity index (χ4n) is 1.26. The number of rotatable bonds is 1. The van der Waals surface area contributed by atoms with Crippen LogP contribution in [0.1, 0.15) is 26.3 Å². The van der Waals surface area contributed by atoms with E-state index in [1.165, 1.54) is 5.56 Å². The number of benzene rings is 1. The van der Waals surface area contributed by atoms with Gasteiger partial charge in [0.05, 0.1) is 0 Å². The molecule has 0 aliphatic rings. The Morgan fingerprint density at radius 2 is 1.92 bits per heavy atom. The Morgan fingerprint density at radius 3 is 2.42 bits per heavy atom. The molecule has 1 rings (SSSR count). The lowest BCUT2D eigenvalue weighted by Crippen LogP contribution is -2.08. The van der Waals surface area contributed by atoms with Gasteiger partial charge in [-0.25, -0.2) is 0 Å². The first-order valence-corrected chi connectivity index (χ1v) is 4.60. The van der Waals surface area contributed by atoms with Crippen LogP contribution in [0.5, 0.6) is 0 Å². The van der Waals surface area contributed by atoms with Crippen molar-refractivity contribution < 1.29 is 0 Å². The van der Waals surface area contributed by atoms with Crippen molar-refractivity contribution in [3.8, 4) is 0 Å². The minimum atomic E-state index is 0.338. The number of hydrogen-bond donors (Lipinski definition) is 0. The molecule has 0 saturated carbocycles. The van der Waals surface area contributed by atoms with E-state index in [4.69, 9.17) is 11.6 Å². The predicted octanol–water partition coefficient (Wildman–Crippen LogP) is 3.93. The summed E-state index contributed by atoms with van der Waals surface area (Å²) in [5.74, 6) is 0. The van der Waals surface area contributed by atoms with Gasteiger partial charge in [-0.1, -0.05) is 44.5 Å². The lowest BCUT2D eigenvalue weighted by molar-refractivity contribution is 0.411. The predicted molar refractivity (Wildman–Crippen MR) is 54.6 cm³/mol. The van der Waals surface area contributed by atoms with Crippen molar-refractivity contribution in [3.63, 3.8) is 0 Å². The Kier molecular flexibility index (Phi) is 2.79. The molecule has 0 aliphatic carbocycles. The Balaban J connectivity index is 2.77. The molecule has 0 aromatic heterocycles. The van der Waals surface area contributed by atoms with Gasteiger partial charge >= 0.3 is 0 Å². The van der Waals surface area contributed by atoms with Gasteiger partial charge in [0.15, 0.2) is 0 Å². The van der Waals surface area contributed by atoms with Crippen LogP contribution in [0.4, 0.5) is 0 Å². The molecule has 1 heteroatoms. The first-order chi connectivity index (χ1) is 5.47. The molecular weight excluding hydrogens is 168 g/mol. The molecule has 0 aliphatic heterocycles. The second-order valence-electron chi connectivity index (χ2n) is 4.37. The third-order valence-corrected chi connectivity index (χ3v) is 1.86. The average molecular weight is 183 g/mol. The van der Waals surface area contributed by atoms with E-state index in [1.807, 2.05) is 18.2 Å². The van der Waals surface area contributed by atoms with Crippen molar-refractivity contribution in [2.75, 3.05) is 0 Å². The molecule has 0 unspecified atom stereocenters. The van der Waals surface area contributed by atoms with Gasteiger partial charge in [-0.3, -0.25) is 0 Å². The fourth-order valence-corrected chi connectivity index (χ4v) is 1.47. The van der Waals surface area contributed by atoms with E-state index in [9.17, 15) is 0 Å². The van der Waals surface area contributed by atoms with Gasteiger partial charge in [0.25, 0.3) is 0 Å². The molecule has 0 fully saturated rings. The zero-order chi connectivity index (χ0) is 9.19. The molecule has 0 spiro atoms. The van der Waals surface area contributed by atoms with E-state index in [2.05, 4.69) is 26.8 Å². The van der Waals surface area contributed by atoms with Gasteiger partial charge in [-0.05, 0) is 29.5 Å². The second-order valence-corrected chi connectivity index (χ2v) is 4.80. The van der Waals surface area contributed by atoms with Crippen molar-refractivity contribution in [1.82, 2.24) is 0 Å². The van der Waals surface area contributed by atoms with Crippen LogP contribution in [0.15, 0.2) is 24.3 Å². The Morgan fingerprint density at radius 1 is 1.25 bits per heavy atom. The van der Waals surface area contributed by atoms with E-state index in [-0.39, 0.29) is 0 Å². The first-order valence-electron chi connectivity index (χ1n) is 4.22. The summed E-state index contributed by atoms with van der Waals surface area (Å²) in [5.41, 5.74) is 1.65. The molecule has 0 heterocycles. The Bertz CT molecular complexity index is 258. The van der Waals surface area contributed by atoms with Crippen LogP contribution in [0.3, 0.4) is 0 Å². The van der Waals surface area contributed by atoms with E-state index < -0.39 is 0 Å². The molecule has 0 radical (unpaired) electrons. The summed E-state index contributed by atoms with van der Waals surface area (Å²) in [7, 11) is 0. The highest BCUT2D eigenvalue weighted by atomic mass is 35.5. The Hall–Kier alpha value is -0.490. The molecule has 12 heavy (non-hydrogen) atoms. The molecule has 0 N–H and O–H groups in total. The summed E-state index contributed by atoms with van der Waals surface area (Å²) < 4.78 is 0. The number of halogens is 1. The molecule has 66 valence electrons. The maximum absolute atomic E-state index is 5.87. The molecule has 1 aromatic rings. The summed E-state index contributed by atoms with van der Waals surface area (Å²) in [4.78, 5) is 0. The lowest BCUT2D eigenvalue weighted by Gasteiger charge is -2.17. The smallest absolute Gasteiger partial charge is 0.0408 e. The number of hydrogen-bond acceptors (Lipinski definition) is 0. The third kappa shape index (κ3) is 3.27. The highest BCUT2D eigenvalue weighted by Gasteiger charge is 2.10. The summed E-state index contributed by atoms with van der Waals surface area (Å²) in [6, 6.07) is 8.07. The maximum atomic E-state index is 5.87. The maximum Gasteiger partial charge on any atom is 0.0408 e. The van der Waals surface area contributed by atoms with Gasteiger partial charge in [0, 0.05) is 5.02 Å². The average Bonchev–Trinajstić information content (AvgIpc) is 1.82. The topological polar surface area (TPSA) is 0 Å². The molecule has 0 saturated heterocycles. The van der Waals surface area contributed by atoms with Crippen molar-refractivity contribution in [2.24, 2.45) is 5.41 Å². The van der Waals surface area contributed by atoms with Crippen molar-refractivity contribution in [3.05, 3.63) is 34.9 Å². The van der Waals surface area contributed by atoms with Gasteiger partial charge < -0.3 is 0 Å². The van der Waals surface area contributed by atoms with E-state index >= 15 is 0 Å². The zero-order valence-corrected chi connectivity index (χ0v) is 8.65. The van der Waals surface area contributed by atoms with Crippen LogP contribution in [-0.4, -0.2) is 0 Å². The molecular formula is C11H15Cl.